The number of nitrogens with zero attached hydrogens (tertiary/aromatic N) is 3. The highest BCUT2D eigenvalue weighted by Gasteiger charge is 2.12. The van der Waals surface area contributed by atoms with Gasteiger partial charge in [-0.25, -0.2) is 15.0 Å². The van der Waals surface area contributed by atoms with Crippen LogP contribution in [0.25, 0.3) is 11.2 Å². The molecular weight excluding hydrogens is 367 g/mol. The smallest absolute Gasteiger partial charge is 0.230 e. The number of aromatic nitrogens is 4. The number of carbonyl (C=O) groups excluding carboxylic acids is 1. The first-order chi connectivity index (χ1) is 8.60. The van der Waals surface area contributed by atoms with Crippen LogP contribution in [0.15, 0.2) is 11.5 Å². The molecule has 9 heteroatoms. The number of amides is 1. The van der Waals surface area contributed by atoms with Gasteiger partial charge in [-0.3, -0.25) is 4.79 Å². The molecule has 0 aliphatic carbocycles. The molecule has 0 fully saturated rings. The van der Waals surface area contributed by atoms with E-state index in [-0.39, 0.29) is 11.3 Å². The molecule has 2 heterocycles. The van der Waals surface area contributed by atoms with E-state index in [1.807, 2.05) is 29.5 Å². The number of nitrogens with two attached hydrogens (primary N) is 1. The molecular formula is C9H11IN6OS. The second-order valence-corrected chi connectivity index (χ2v) is 5.52. The van der Waals surface area contributed by atoms with Crippen molar-refractivity contribution in [2.45, 2.75) is 17.5 Å². The van der Waals surface area contributed by atoms with E-state index >= 15 is 0 Å². The molecule has 0 saturated carbocycles. The number of aromatic amines is 1. The van der Waals surface area contributed by atoms with E-state index < -0.39 is 0 Å². The van der Waals surface area contributed by atoms with Crippen molar-refractivity contribution in [2.75, 3.05) is 10.2 Å². The first-order valence-corrected chi connectivity index (χ1v) is 7.49. The molecule has 0 aliphatic rings. The fourth-order valence-corrected chi connectivity index (χ4v) is 2.36. The van der Waals surface area contributed by atoms with Crippen LogP contribution in [0.2, 0.25) is 0 Å². The predicted molar refractivity (Wildman–Crippen MR) is 78.4 cm³/mol. The van der Waals surface area contributed by atoms with Crippen molar-refractivity contribution in [2.24, 2.45) is 0 Å². The molecule has 2 aromatic rings. The van der Waals surface area contributed by atoms with Gasteiger partial charge in [-0.1, -0.05) is 34.4 Å². The molecule has 1 amide bonds. The predicted octanol–water partition coefficient (Wildman–Crippen LogP) is 0.924. The summed E-state index contributed by atoms with van der Waals surface area (Å²) in [6, 6.07) is 0. The maximum absolute atomic E-state index is 11.2. The minimum atomic E-state index is -0.122. The van der Waals surface area contributed by atoms with Crippen LogP contribution in [0.1, 0.15) is 6.92 Å². The molecule has 1 unspecified atom stereocenters. The summed E-state index contributed by atoms with van der Waals surface area (Å²) in [5.74, 6) is 0.330. The molecule has 0 saturated heterocycles. The van der Waals surface area contributed by atoms with Crippen molar-refractivity contribution in [3.8, 4) is 0 Å². The number of fused-ring (bicyclic) bond motifs is 1. The van der Waals surface area contributed by atoms with Crippen molar-refractivity contribution in [3.63, 3.8) is 0 Å². The zero-order chi connectivity index (χ0) is 13.1. The van der Waals surface area contributed by atoms with Crippen molar-refractivity contribution >= 4 is 57.2 Å². The van der Waals surface area contributed by atoms with Crippen LogP contribution < -0.4 is 11.1 Å². The van der Waals surface area contributed by atoms with E-state index in [0.717, 1.165) is 0 Å². The molecule has 7 nitrogen and oxygen atoms in total. The minimum Gasteiger partial charge on any atom is -0.382 e. The molecule has 2 rings (SSSR count). The maximum Gasteiger partial charge on any atom is 0.230 e. The number of halogens is 1. The van der Waals surface area contributed by atoms with Gasteiger partial charge in [0.2, 0.25) is 5.91 Å². The number of nitrogen functional groups attached to an aromatic ring is 1. The van der Waals surface area contributed by atoms with E-state index in [4.69, 9.17) is 5.73 Å². The Morgan fingerprint density at radius 2 is 2.44 bits per heavy atom. The van der Waals surface area contributed by atoms with Gasteiger partial charge in [0, 0.05) is 0 Å². The Morgan fingerprint density at radius 3 is 3.17 bits per heavy atom. The number of carbonyl (C=O) groups is 1. The summed E-state index contributed by atoms with van der Waals surface area (Å²) < 4.78 is 0.421. The number of imidazole rings is 1. The van der Waals surface area contributed by atoms with Crippen LogP contribution in [0.3, 0.4) is 0 Å². The second-order valence-electron chi connectivity index (χ2n) is 3.45. The first-order valence-electron chi connectivity index (χ1n) is 5.08. The maximum atomic E-state index is 11.2. The van der Waals surface area contributed by atoms with E-state index in [0.29, 0.717) is 26.6 Å². The average molecular weight is 378 g/mol. The van der Waals surface area contributed by atoms with E-state index in [1.165, 1.54) is 18.1 Å². The SMILES string of the molecule is CC(NC(=O)CI)Sc1nc(N)c2[nH]cnc2n1. The molecule has 0 bridgehead atoms. The Morgan fingerprint density at radius 1 is 1.67 bits per heavy atom. The molecule has 0 radical (unpaired) electrons. The zero-order valence-corrected chi connectivity index (χ0v) is 12.4. The number of alkyl halides is 1. The summed E-state index contributed by atoms with van der Waals surface area (Å²) in [6.07, 6.45) is 1.52. The van der Waals surface area contributed by atoms with Gasteiger partial charge in [0.25, 0.3) is 0 Å². The second kappa shape index (κ2) is 5.69. The monoisotopic (exact) mass is 378 g/mol. The van der Waals surface area contributed by atoms with Gasteiger partial charge < -0.3 is 16.0 Å². The topological polar surface area (TPSA) is 110 Å². The lowest BCUT2D eigenvalue weighted by Gasteiger charge is -2.11. The Kier molecular flexibility index (Phi) is 4.22. The third kappa shape index (κ3) is 3.02. The molecule has 0 aliphatic heterocycles. The van der Waals surface area contributed by atoms with Crippen LogP contribution >= 0.6 is 34.4 Å². The lowest BCUT2D eigenvalue weighted by Crippen LogP contribution is -2.31. The summed E-state index contributed by atoms with van der Waals surface area (Å²) >= 11 is 3.34. The highest BCUT2D eigenvalue weighted by Crippen LogP contribution is 2.22. The van der Waals surface area contributed by atoms with Gasteiger partial charge in [0.05, 0.1) is 16.1 Å². The van der Waals surface area contributed by atoms with E-state index in [9.17, 15) is 4.79 Å². The largest absolute Gasteiger partial charge is 0.382 e. The number of thioether (sulfide) groups is 1. The van der Waals surface area contributed by atoms with Gasteiger partial charge in [-0.15, -0.1) is 0 Å². The number of anilines is 1. The minimum absolute atomic E-state index is 0.0237. The quantitative estimate of drug-likeness (QED) is 0.240. The fourth-order valence-electron chi connectivity index (χ4n) is 1.34. The molecule has 2 aromatic heterocycles. The zero-order valence-electron chi connectivity index (χ0n) is 9.48. The van der Waals surface area contributed by atoms with Gasteiger partial charge in [-0.05, 0) is 6.92 Å². The number of nitrogens with one attached hydrogen (secondary N) is 2. The van der Waals surface area contributed by atoms with Gasteiger partial charge in [0.15, 0.2) is 16.6 Å². The third-order valence-corrected chi connectivity index (χ3v) is 3.62. The summed E-state index contributed by atoms with van der Waals surface area (Å²) in [5.41, 5.74) is 6.93. The van der Waals surface area contributed by atoms with Crippen LogP contribution in [-0.4, -0.2) is 35.6 Å². The number of hydrogen-bond acceptors (Lipinski definition) is 6. The standard InChI is InChI=1S/C9H11IN6OS/c1-4(14-5(17)2-10)18-9-15-7(11)6-8(16-9)13-3-12-6/h3-4H,2H2,1H3,(H,14,17)(H3,11,12,13,15,16). The molecule has 18 heavy (non-hydrogen) atoms. The summed E-state index contributed by atoms with van der Waals surface area (Å²) in [5, 5.41) is 3.18. The number of hydrogen-bond donors (Lipinski definition) is 3. The van der Waals surface area contributed by atoms with E-state index in [2.05, 4.69) is 25.3 Å². The number of H-pyrrole nitrogens is 1. The van der Waals surface area contributed by atoms with Gasteiger partial charge in [-0.2, -0.15) is 0 Å². The summed E-state index contributed by atoms with van der Waals surface area (Å²) in [6.45, 7) is 1.86. The highest BCUT2D eigenvalue weighted by molar-refractivity contribution is 14.1. The van der Waals surface area contributed by atoms with Crippen LogP contribution in [0.4, 0.5) is 5.82 Å². The van der Waals surface area contributed by atoms with Gasteiger partial charge >= 0.3 is 0 Å². The Balaban J connectivity index is 2.14. The molecule has 1 atom stereocenters. The Bertz CT molecular complexity index is 573. The van der Waals surface area contributed by atoms with Crippen molar-refractivity contribution in [1.82, 2.24) is 25.3 Å². The fraction of sp³-hybridized carbons (Fsp3) is 0.333. The van der Waals surface area contributed by atoms with E-state index in [1.54, 1.807) is 0 Å². The Hall–Kier alpha value is -1.10. The number of rotatable bonds is 4. The molecule has 0 spiro atoms. The average Bonchev–Trinajstić information content (AvgIpc) is 2.77. The molecule has 4 N–H and O–H groups in total. The van der Waals surface area contributed by atoms with Crippen LogP contribution in [-0.2, 0) is 4.79 Å². The Labute approximate surface area is 121 Å². The summed E-state index contributed by atoms with van der Waals surface area (Å²) in [4.78, 5) is 26.5. The molecule has 0 aromatic carbocycles. The lowest BCUT2D eigenvalue weighted by molar-refractivity contribution is -0.118. The van der Waals surface area contributed by atoms with Crippen LogP contribution in [0, 0.1) is 0 Å². The van der Waals surface area contributed by atoms with Gasteiger partial charge in [0.1, 0.15) is 5.52 Å². The highest BCUT2D eigenvalue weighted by atomic mass is 127. The first kappa shape index (κ1) is 13.3. The normalized spacial score (nSPS) is 12.6. The summed E-state index contributed by atoms with van der Waals surface area (Å²) in [7, 11) is 0. The van der Waals surface area contributed by atoms with Crippen LogP contribution in [0.5, 0.6) is 0 Å². The van der Waals surface area contributed by atoms with Crippen molar-refractivity contribution in [3.05, 3.63) is 6.33 Å². The van der Waals surface area contributed by atoms with Crippen molar-refractivity contribution < 1.29 is 4.79 Å². The van der Waals surface area contributed by atoms with Crippen molar-refractivity contribution in [1.29, 1.82) is 0 Å². The molecule has 96 valence electrons. The third-order valence-electron chi connectivity index (χ3n) is 2.06. The lowest BCUT2D eigenvalue weighted by atomic mass is 10.5.